The zero-order valence-electron chi connectivity index (χ0n) is 9.34. The maximum absolute atomic E-state index is 5.69. The van der Waals surface area contributed by atoms with Crippen molar-refractivity contribution in [1.82, 2.24) is 14.2 Å². The molecule has 1 atom stereocenters. The van der Waals surface area contributed by atoms with E-state index in [0.717, 1.165) is 17.1 Å². The summed E-state index contributed by atoms with van der Waals surface area (Å²) < 4.78 is 6.00. The van der Waals surface area contributed by atoms with Crippen LogP contribution >= 0.6 is 11.5 Å². The highest BCUT2D eigenvalue weighted by Gasteiger charge is 2.09. The molecule has 0 fully saturated rings. The summed E-state index contributed by atoms with van der Waals surface area (Å²) >= 11 is 1.40. The van der Waals surface area contributed by atoms with Crippen molar-refractivity contribution in [1.29, 1.82) is 0 Å². The van der Waals surface area contributed by atoms with Crippen LogP contribution in [0.25, 0.3) is 0 Å². The van der Waals surface area contributed by atoms with Gasteiger partial charge in [0, 0.05) is 24.0 Å². The smallest absolute Gasteiger partial charge is 0.142 e. The van der Waals surface area contributed by atoms with Crippen LogP contribution in [0, 0.1) is 6.92 Å². The number of nitrogen functional groups attached to an aromatic ring is 1. The Labute approximate surface area is 98.4 Å². The van der Waals surface area contributed by atoms with Gasteiger partial charge < -0.3 is 11.1 Å². The molecule has 2 rings (SSSR count). The van der Waals surface area contributed by atoms with E-state index in [0.29, 0.717) is 11.9 Å². The lowest BCUT2D eigenvalue weighted by Gasteiger charge is -2.14. The van der Waals surface area contributed by atoms with Gasteiger partial charge in [-0.2, -0.15) is 9.47 Å². The molecule has 16 heavy (non-hydrogen) atoms. The minimum atomic E-state index is 0.290. The van der Waals surface area contributed by atoms with Crippen LogP contribution in [0.5, 0.6) is 0 Å². The van der Waals surface area contributed by atoms with E-state index in [-0.39, 0.29) is 0 Å². The van der Waals surface area contributed by atoms with Gasteiger partial charge in [-0.25, -0.2) is 0 Å². The number of hydrogen-bond donors (Lipinski definition) is 2. The molecular weight excluding hydrogens is 222 g/mol. The molecule has 0 amide bonds. The number of nitrogens with zero attached hydrogens (tertiary/aromatic N) is 3. The van der Waals surface area contributed by atoms with Crippen LogP contribution in [0.2, 0.25) is 0 Å². The first-order valence-corrected chi connectivity index (χ1v) is 5.90. The zero-order valence-corrected chi connectivity index (χ0v) is 10.2. The van der Waals surface area contributed by atoms with Gasteiger partial charge in [-0.1, -0.05) is 0 Å². The molecule has 86 valence electrons. The van der Waals surface area contributed by atoms with Gasteiger partial charge in [0.1, 0.15) is 10.8 Å². The van der Waals surface area contributed by atoms with Crippen LogP contribution in [0.1, 0.15) is 12.5 Å². The Bertz CT molecular complexity index is 448. The van der Waals surface area contributed by atoms with Gasteiger partial charge in [0.2, 0.25) is 0 Å². The van der Waals surface area contributed by atoms with E-state index in [1.807, 2.05) is 23.9 Å². The third-order valence-electron chi connectivity index (χ3n) is 2.36. The summed E-state index contributed by atoms with van der Waals surface area (Å²) in [5.74, 6) is 0.610. The highest BCUT2D eigenvalue weighted by atomic mass is 32.1. The number of anilines is 2. The van der Waals surface area contributed by atoms with Crippen molar-refractivity contribution in [3.05, 3.63) is 24.0 Å². The maximum Gasteiger partial charge on any atom is 0.142 e. The Balaban J connectivity index is 1.97. The van der Waals surface area contributed by atoms with Gasteiger partial charge in [-0.05, 0) is 31.4 Å². The summed E-state index contributed by atoms with van der Waals surface area (Å²) in [4.78, 5) is 0. The minimum absolute atomic E-state index is 0.290. The second-order valence-electron chi connectivity index (χ2n) is 3.80. The maximum atomic E-state index is 5.69. The number of aromatic nitrogens is 3. The monoisotopic (exact) mass is 237 g/mol. The molecule has 0 radical (unpaired) electrons. The standard InChI is InChI=1S/C10H15N5S/c1-7(6-15-5-3-4-12-15)13-10-8(2)9(11)14-16-10/h3-5,7,13H,6H2,1-2H3,(H2,11,14). The Morgan fingerprint density at radius 3 is 3.00 bits per heavy atom. The van der Waals surface area contributed by atoms with Gasteiger partial charge in [-0.15, -0.1) is 0 Å². The van der Waals surface area contributed by atoms with E-state index in [2.05, 4.69) is 21.7 Å². The lowest BCUT2D eigenvalue weighted by Crippen LogP contribution is -2.22. The second kappa shape index (κ2) is 4.52. The average molecular weight is 237 g/mol. The molecule has 0 aliphatic carbocycles. The molecule has 6 heteroatoms. The minimum Gasteiger partial charge on any atom is -0.383 e. The highest BCUT2D eigenvalue weighted by Crippen LogP contribution is 2.25. The Morgan fingerprint density at radius 2 is 2.44 bits per heavy atom. The molecule has 2 aromatic heterocycles. The van der Waals surface area contributed by atoms with Crippen LogP contribution in [0.3, 0.4) is 0 Å². The van der Waals surface area contributed by atoms with E-state index in [9.17, 15) is 0 Å². The van der Waals surface area contributed by atoms with Crippen molar-refractivity contribution in [2.24, 2.45) is 0 Å². The average Bonchev–Trinajstić information content (AvgIpc) is 2.83. The van der Waals surface area contributed by atoms with Crippen LogP contribution in [0.15, 0.2) is 18.5 Å². The summed E-state index contributed by atoms with van der Waals surface area (Å²) in [6, 6.07) is 2.21. The molecule has 5 nitrogen and oxygen atoms in total. The Morgan fingerprint density at radius 1 is 1.62 bits per heavy atom. The Hall–Kier alpha value is -1.56. The highest BCUT2D eigenvalue weighted by molar-refractivity contribution is 7.10. The predicted octanol–water partition coefficient (Wildman–Crippen LogP) is 1.73. The predicted molar refractivity (Wildman–Crippen MR) is 66.6 cm³/mol. The second-order valence-corrected chi connectivity index (χ2v) is 4.57. The fourth-order valence-electron chi connectivity index (χ4n) is 1.44. The topological polar surface area (TPSA) is 68.8 Å². The van der Waals surface area contributed by atoms with E-state index >= 15 is 0 Å². The van der Waals surface area contributed by atoms with Crippen LogP contribution in [-0.2, 0) is 6.54 Å². The van der Waals surface area contributed by atoms with Crippen molar-refractivity contribution in [2.45, 2.75) is 26.4 Å². The van der Waals surface area contributed by atoms with Crippen molar-refractivity contribution in [2.75, 3.05) is 11.1 Å². The molecule has 0 saturated heterocycles. The fraction of sp³-hybridized carbons (Fsp3) is 0.400. The Kier molecular flexibility index (Phi) is 3.09. The molecule has 0 aliphatic rings. The van der Waals surface area contributed by atoms with E-state index in [1.54, 1.807) is 6.20 Å². The molecule has 2 aromatic rings. The first kappa shape index (κ1) is 10.9. The van der Waals surface area contributed by atoms with Gasteiger partial charge in [-0.3, -0.25) is 4.68 Å². The van der Waals surface area contributed by atoms with Gasteiger partial charge in [0.05, 0.1) is 6.54 Å². The third kappa shape index (κ3) is 2.33. The molecule has 0 aromatic carbocycles. The van der Waals surface area contributed by atoms with Gasteiger partial charge >= 0.3 is 0 Å². The summed E-state index contributed by atoms with van der Waals surface area (Å²) in [6.07, 6.45) is 3.73. The lowest BCUT2D eigenvalue weighted by molar-refractivity contribution is 0.561. The van der Waals surface area contributed by atoms with Crippen molar-refractivity contribution in [3.8, 4) is 0 Å². The summed E-state index contributed by atoms with van der Waals surface area (Å²) in [5.41, 5.74) is 6.72. The van der Waals surface area contributed by atoms with E-state index in [1.165, 1.54) is 11.5 Å². The van der Waals surface area contributed by atoms with Gasteiger partial charge in [0.15, 0.2) is 0 Å². The first-order chi connectivity index (χ1) is 7.66. The molecular formula is C10H15N5S. The SMILES string of the molecule is Cc1c(N)nsc1NC(C)Cn1cccn1. The van der Waals surface area contributed by atoms with Crippen molar-refractivity contribution >= 4 is 22.4 Å². The van der Waals surface area contributed by atoms with Crippen LogP contribution in [-0.4, -0.2) is 20.2 Å². The number of nitrogens with one attached hydrogen (secondary N) is 1. The molecule has 1 unspecified atom stereocenters. The number of nitrogens with two attached hydrogens (primary N) is 1. The quantitative estimate of drug-likeness (QED) is 0.849. The molecule has 3 N–H and O–H groups in total. The normalized spacial score (nSPS) is 12.6. The van der Waals surface area contributed by atoms with Crippen molar-refractivity contribution in [3.63, 3.8) is 0 Å². The van der Waals surface area contributed by atoms with Crippen LogP contribution in [0.4, 0.5) is 10.8 Å². The molecule has 0 spiro atoms. The zero-order chi connectivity index (χ0) is 11.5. The van der Waals surface area contributed by atoms with Crippen LogP contribution < -0.4 is 11.1 Å². The summed E-state index contributed by atoms with van der Waals surface area (Å²) in [5, 5.41) is 8.59. The van der Waals surface area contributed by atoms with E-state index < -0.39 is 0 Å². The number of hydrogen-bond acceptors (Lipinski definition) is 5. The molecule has 0 bridgehead atoms. The lowest BCUT2D eigenvalue weighted by atomic mass is 10.3. The van der Waals surface area contributed by atoms with Crippen molar-refractivity contribution < 1.29 is 0 Å². The third-order valence-corrected chi connectivity index (χ3v) is 3.25. The summed E-state index contributed by atoms with van der Waals surface area (Å²) in [7, 11) is 0. The molecule has 2 heterocycles. The van der Waals surface area contributed by atoms with Gasteiger partial charge in [0.25, 0.3) is 0 Å². The molecule has 0 aliphatic heterocycles. The molecule has 0 saturated carbocycles. The fourth-order valence-corrected chi connectivity index (χ4v) is 2.26. The first-order valence-electron chi connectivity index (χ1n) is 5.12. The summed E-state index contributed by atoms with van der Waals surface area (Å²) in [6.45, 7) is 4.91. The van der Waals surface area contributed by atoms with E-state index in [4.69, 9.17) is 5.73 Å². The largest absolute Gasteiger partial charge is 0.383 e. The number of rotatable bonds is 4.